The second kappa shape index (κ2) is 4.82. The van der Waals surface area contributed by atoms with Gasteiger partial charge in [-0.1, -0.05) is 12.1 Å². The van der Waals surface area contributed by atoms with E-state index in [9.17, 15) is 26.4 Å². The van der Waals surface area contributed by atoms with Crippen molar-refractivity contribution in [2.45, 2.75) is 10.4 Å². The van der Waals surface area contributed by atoms with Gasteiger partial charge in [-0.05, 0) is 30.3 Å². The summed E-state index contributed by atoms with van der Waals surface area (Å²) in [4.78, 5) is 11.5. The van der Waals surface area contributed by atoms with E-state index >= 15 is 0 Å². The zero-order valence-electron chi connectivity index (χ0n) is 11.8. The van der Waals surface area contributed by atoms with Crippen molar-refractivity contribution < 1.29 is 21.6 Å². The standard InChI is InChI=1S/C15H10F3NO3S/c1-19-12-5-3-2-4-10(12)14(20)11-8-9(6-7-13(11)19)23(21,22)15(16,17)18/h2-8H,1H3. The minimum absolute atomic E-state index is 0.0727. The molecule has 0 fully saturated rings. The van der Waals surface area contributed by atoms with E-state index in [2.05, 4.69) is 0 Å². The molecule has 23 heavy (non-hydrogen) atoms. The molecule has 0 radical (unpaired) electrons. The van der Waals surface area contributed by atoms with Crippen LogP contribution in [0.3, 0.4) is 0 Å². The number of aryl methyl sites for hydroxylation is 1. The zero-order valence-corrected chi connectivity index (χ0v) is 12.6. The van der Waals surface area contributed by atoms with Crippen molar-refractivity contribution in [3.05, 3.63) is 52.7 Å². The molecule has 1 aromatic heterocycles. The molecule has 3 rings (SSSR count). The van der Waals surface area contributed by atoms with Gasteiger partial charge in [0.15, 0.2) is 5.43 Å². The molecule has 1 heterocycles. The van der Waals surface area contributed by atoms with Crippen LogP contribution in [0.25, 0.3) is 21.8 Å². The fourth-order valence-corrected chi connectivity index (χ4v) is 3.31. The summed E-state index contributed by atoms with van der Waals surface area (Å²) < 4.78 is 62.7. The molecule has 3 aromatic rings. The van der Waals surface area contributed by atoms with Gasteiger partial charge in [0.2, 0.25) is 0 Å². The van der Waals surface area contributed by atoms with E-state index in [0.29, 0.717) is 16.4 Å². The van der Waals surface area contributed by atoms with Crippen LogP contribution >= 0.6 is 0 Å². The summed E-state index contributed by atoms with van der Waals surface area (Å²) >= 11 is 0. The molecule has 2 aromatic carbocycles. The van der Waals surface area contributed by atoms with Gasteiger partial charge in [-0.15, -0.1) is 0 Å². The lowest BCUT2D eigenvalue weighted by molar-refractivity contribution is -0.0435. The van der Waals surface area contributed by atoms with Gasteiger partial charge in [0.25, 0.3) is 9.84 Å². The van der Waals surface area contributed by atoms with E-state index in [-0.39, 0.29) is 5.39 Å². The third kappa shape index (κ3) is 2.21. The maximum Gasteiger partial charge on any atom is 0.501 e. The molecule has 0 bridgehead atoms. The Kier molecular flexibility index (Phi) is 3.26. The Morgan fingerprint density at radius 2 is 1.57 bits per heavy atom. The number of hydrogen-bond acceptors (Lipinski definition) is 3. The number of alkyl halides is 3. The van der Waals surface area contributed by atoms with Gasteiger partial charge in [0.1, 0.15) is 0 Å². The first kappa shape index (κ1) is 15.5. The molecule has 0 saturated heterocycles. The van der Waals surface area contributed by atoms with Gasteiger partial charge in [-0.2, -0.15) is 13.2 Å². The maximum atomic E-state index is 12.7. The maximum absolute atomic E-state index is 12.7. The molecular formula is C15H10F3NO3S. The van der Waals surface area contributed by atoms with Gasteiger partial charge in [0, 0.05) is 17.8 Å². The van der Waals surface area contributed by atoms with Crippen molar-refractivity contribution in [3.63, 3.8) is 0 Å². The molecule has 0 N–H and O–H groups in total. The van der Waals surface area contributed by atoms with Crippen LogP contribution in [0, 0.1) is 0 Å². The van der Waals surface area contributed by atoms with Crippen molar-refractivity contribution in [3.8, 4) is 0 Å². The Morgan fingerprint density at radius 3 is 2.22 bits per heavy atom. The first-order valence-electron chi connectivity index (χ1n) is 6.47. The van der Waals surface area contributed by atoms with Crippen LogP contribution in [0.5, 0.6) is 0 Å². The quantitative estimate of drug-likeness (QED) is 0.640. The molecule has 0 atom stereocenters. The minimum Gasteiger partial charge on any atom is -0.343 e. The van der Waals surface area contributed by atoms with Crippen molar-refractivity contribution in [2.75, 3.05) is 0 Å². The van der Waals surface area contributed by atoms with Crippen LogP contribution in [-0.2, 0) is 16.9 Å². The van der Waals surface area contributed by atoms with Crippen molar-refractivity contribution in [1.29, 1.82) is 0 Å². The Balaban J connectivity index is 2.45. The number of para-hydroxylation sites is 1. The number of nitrogens with zero attached hydrogens (tertiary/aromatic N) is 1. The number of aromatic nitrogens is 1. The summed E-state index contributed by atoms with van der Waals surface area (Å²) in [6, 6.07) is 9.47. The van der Waals surface area contributed by atoms with E-state index in [0.717, 1.165) is 12.1 Å². The second-order valence-electron chi connectivity index (χ2n) is 5.03. The normalized spacial score (nSPS) is 12.9. The number of pyridine rings is 1. The van der Waals surface area contributed by atoms with Gasteiger partial charge in [-0.25, -0.2) is 8.42 Å². The first-order chi connectivity index (χ1) is 10.6. The third-order valence-corrected chi connectivity index (χ3v) is 5.18. The summed E-state index contributed by atoms with van der Waals surface area (Å²) in [5.41, 5.74) is -4.96. The Bertz CT molecular complexity index is 1100. The molecule has 4 nitrogen and oxygen atoms in total. The average Bonchev–Trinajstić information content (AvgIpc) is 2.51. The van der Waals surface area contributed by atoms with Crippen molar-refractivity contribution in [2.24, 2.45) is 7.05 Å². The summed E-state index contributed by atoms with van der Waals surface area (Å²) in [7, 11) is -3.84. The van der Waals surface area contributed by atoms with E-state index in [4.69, 9.17) is 0 Å². The smallest absolute Gasteiger partial charge is 0.343 e. The lowest BCUT2D eigenvalue weighted by Gasteiger charge is -2.12. The van der Waals surface area contributed by atoms with Crippen LogP contribution in [0.2, 0.25) is 0 Å². The largest absolute Gasteiger partial charge is 0.501 e. The van der Waals surface area contributed by atoms with Gasteiger partial charge in [-0.3, -0.25) is 4.79 Å². The molecule has 8 heteroatoms. The number of halogens is 3. The lowest BCUT2D eigenvalue weighted by Crippen LogP contribution is -2.23. The first-order valence-corrected chi connectivity index (χ1v) is 7.96. The number of fused-ring (bicyclic) bond motifs is 2. The molecule has 0 aliphatic carbocycles. The number of sulfone groups is 1. The average molecular weight is 341 g/mol. The van der Waals surface area contributed by atoms with Crippen LogP contribution < -0.4 is 5.43 Å². The molecule has 0 aliphatic heterocycles. The molecule has 0 amide bonds. The van der Waals surface area contributed by atoms with Crippen LogP contribution in [0.1, 0.15) is 0 Å². The summed E-state index contributed by atoms with van der Waals surface area (Å²) in [6.45, 7) is 0. The topological polar surface area (TPSA) is 56.1 Å². The van der Waals surface area contributed by atoms with Crippen LogP contribution in [0.4, 0.5) is 13.2 Å². The van der Waals surface area contributed by atoms with E-state index in [1.807, 2.05) is 0 Å². The second-order valence-corrected chi connectivity index (χ2v) is 6.97. The van der Waals surface area contributed by atoms with Gasteiger partial charge >= 0.3 is 5.51 Å². The third-order valence-electron chi connectivity index (χ3n) is 3.70. The molecule has 0 unspecified atom stereocenters. The zero-order chi connectivity index (χ0) is 17.0. The van der Waals surface area contributed by atoms with E-state index in [1.165, 1.54) is 6.07 Å². The minimum atomic E-state index is -5.50. The Hall–Kier alpha value is -2.35. The van der Waals surface area contributed by atoms with Crippen LogP contribution in [0.15, 0.2) is 52.2 Å². The summed E-state index contributed by atoms with van der Waals surface area (Å²) in [5, 5.41) is 0.237. The fraction of sp³-hybridized carbons (Fsp3) is 0.133. The highest BCUT2D eigenvalue weighted by Gasteiger charge is 2.46. The molecule has 0 saturated carbocycles. The van der Waals surface area contributed by atoms with Gasteiger partial charge < -0.3 is 4.57 Å². The predicted molar refractivity (Wildman–Crippen MR) is 79.9 cm³/mol. The SMILES string of the molecule is Cn1c2ccccc2c(=O)c2cc(S(=O)(=O)C(F)(F)F)ccc21. The Labute approximate surface area is 128 Å². The molecular weight excluding hydrogens is 331 g/mol. The predicted octanol–water partition coefficient (Wildman–Crippen LogP) is 2.99. The monoisotopic (exact) mass is 341 g/mol. The molecule has 120 valence electrons. The lowest BCUT2D eigenvalue weighted by atomic mass is 10.1. The number of benzene rings is 2. The Morgan fingerprint density at radius 1 is 0.957 bits per heavy atom. The van der Waals surface area contributed by atoms with E-state index < -0.39 is 25.7 Å². The number of rotatable bonds is 1. The van der Waals surface area contributed by atoms with Gasteiger partial charge in [0.05, 0.1) is 15.9 Å². The van der Waals surface area contributed by atoms with Crippen LogP contribution in [-0.4, -0.2) is 18.5 Å². The van der Waals surface area contributed by atoms with E-state index in [1.54, 1.807) is 35.9 Å². The highest BCUT2D eigenvalue weighted by Crippen LogP contribution is 2.31. The molecule has 0 spiro atoms. The van der Waals surface area contributed by atoms with Crippen molar-refractivity contribution in [1.82, 2.24) is 4.57 Å². The van der Waals surface area contributed by atoms with Crippen molar-refractivity contribution >= 4 is 31.6 Å². The summed E-state index contributed by atoms with van der Waals surface area (Å²) in [5.74, 6) is 0. The fourth-order valence-electron chi connectivity index (χ4n) is 2.52. The summed E-state index contributed by atoms with van der Waals surface area (Å²) in [6.07, 6.45) is 0. The molecule has 0 aliphatic rings. The highest BCUT2D eigenvalue weighted by atomic mass is 32.2. The number of hydrogen-bond donors (Lipinski definition) is 0. The highest BCUT2D eigenvalue weighted by molar-refractivity contribution is 7.92.